The highest BCUT2D eigenvalue weighted by Gasteiger charge is 2.20. The lowest BCUT2D eigenvalue weighted by molar-refractivity contribution is -0.119. The third-order valence-electron chi connectivity index (χ3n) is 4.21. The van der Waals surface area contributed by atoms with Crippen molar-refractivity contribution >= 4 is 51.0 Å². The minimum Gasteiger partial charge on any atom is -0.455 e. The van der Waals surface area contributed by atoms with Crippen LogP contribution in [0.2, 0.25) is 10.0 Å². The van der Waals surface area contributed by atoms with Crippen molar-refractivity contribution in [3.63, 3.8) is 0 Å². The summed E-state index contributed by atoms with van der Waals surface area (Å²) in [6.07, 6.45) is 2.34. The van der Waals surface area contributed by atoms with E-state index in [0.717, 1.165) is 16.1 Å². The maximum absolute atomic E-state index is 12.2. The number of aryl methyl sites for hydroxylation is 1. The molecule has 0 unspecified atom stereocenters. The normalized spacial score (nSPS) is 11.6. The van der Waals surface area contributed by atoms with E-state index in [-0.39, 0.29) is 0 Å². The fourth-order valence-corrected chi connectivity index (χ4v) is 4.06. The fraction of sp³-hybridized carbons (Fsp3) is 0.143. The number of benzene rings is 2. The van der Waals surface area contributed by atoms with Crippen LogP contribution in [-0.2, 0) is 14.8 Å². The van der Waals surface area contributed by atoms with Crippen LogP contribution in [0.15, 0.2) is 64.1 Å². The van der Waals surface area contributed by atoms with E-state index in [9.17, 15) is 13.2 Å². The van der Waals surface area contributed by atoms with E-state index in [1.165, 1.54) is 6.21 Å². The molecule has 10 heteroatoms. The molecule has 0 aliphatic carbocycles. The van der Waals surface area contributed by atoms with Gasteiger partial charge < -0.3 is 4.42 Å². The number of hydrazone groups is 1. The summed E-state index contributed by atoms with van der Waals surface area (Å²) in [5.41, 5.74) is 4.33. The number of carbonyl (C=O) groups excluding carboxylic acids is 1. The second kappa shape index (κ2) is 9.55. The predicted molar refractivity (Wildman–Crippen MR) is 123 cm³/mol. The lowest BCUT2D eigenvalue weighted by Crippen LogP contribution is -2.39. The van der Waals surface area contributed by atoms with Gasteiger partial charge in [0.1, 0.15) is 18.1 Å². The Labute approximate surface area is 190 Å². The highest BCUT2D eigenvalue weighted by atomic mass is 35.5. The molecule has 0 bridgehead atoms. The first kappa shape index (κ1) is 22.9. The van der Waals surface area contributed by atoms with Crippen LogP contribution in [-0.4, -0.2) is 33.3 Å². The molecule has 1 amide bonds. The summed E-state index contributed by atoms with van der Waals surface area (Å²) in [4.78, 5) is 12.2. The second-order valence-electron chi connectivity index (χ2n) is 6.72. The fourth-order valence-electron chi connectivity index (χ4n) is 2.70. The molecule has 0 saturated carbocycles. The van der Waals surface area contributed by atoms with Gasteiger partial charge in [0, 0.05) is 10.6 Å². The summed E-state index contributed by atoms with van der Waals surface area (Å²) in [6.45, 7) is 1.47. The molecule has 2 aromatic carbocycles. The molecule has 3 rings (SSSR count). The van der Waals surface area contributed by atoms with Crippen LogP contribution in [0.25, 0.3) is 11.3 Å². The summed E-state index contributed by atoms with van der Waals surface area (Å²) < 4.78 is 30.9. The first-order chi connectivity index (χ1) is 14.6. The van der Waals surface area contributed by atoms with E-state index >= 15 is 0 Å². The molecule has 0 saturated heterocycles. The number of rotatable bonds is 7. The Kier molecular flexibility index (Phi) is 7.04. The number of furan rings is 1. The van der Waals surface area contributed by atoms with Gasteiger partial charge >= 0.3 is 0 Å². The van der Waals surface area contributed by atoms with Gasteiger partial charge in [0.05, 0.1) is 23.2 Å². The van der Waals surface area contributed by atoms with Gasteiger partial charge in [-0.05, 0) is 49.4 Å². The first-order valence-corrected chi connectivity index (χ1v) is 11.7. The molecule has 0 radical (unpaired) electrons. The molecule has 1 heterocycles. The summed E-state index contributed by atoms with van der Waals surface area (Å²) in [7, 11) is -3.66. The van der Waals surface area contributed by atoms with Crippen LogP contribution in [0, 0.1) is 6.92 Å². The van der Waals surface area contributed by atoms with Crippen molar-refractivity contribution in [1.29, 1.82) is 0 Å². The minimum atomic E-state index is -3.66. The predicted octanol–water partition coefficient (Wildman–Crippen LogP) is 4.48. The van der Waals surface area contributed by atoms with Crippen molar-refractivity contribution < 1.29 is 17.6 Å². The van der Waals surface area contributed by atoms with Gasteiger partial charge in [-0.1, -0.05) is 40.9 Å². The molecule has 7 nitrogen and oxygen atoms in total. The smallest absolute Gasteiger partial charge is 0.260 e. The van der Waals surface area contributed by atoms with Crippen LogP contribution < -0.4 is 9.73 Å². The average Bonchev–Trinajstić information content (AvgIpc) is 3.14. The largest absolute Gasteiger partial charge is 0.455 e. The van der Waals surface area contributed by atoms with Gasteiger partial charge in [0.2, 0.25) is 10.0 Å². The van der Waals surface area contributed by atoms with Crippen molar-refractivity contribution in [2.24, 2.45) is 5.10 Å². The Balaban J connectivity index is 1.66. The second-order valence-corrected chi connectivity index (χ2v) is 9.47. The summed E-state index contributed by atoms with van der Waals surface area (Å²) in [6, 6.07) is 15.2. The first-order valence-electron chi connectivity index (χ1n) is 9.05. The summed E-state index contributed by atoms with van der Waals surface area (Å²) in [5, 5.41) is 4.79. The molecular formula is C21H19Cl2N3O4S. The number of sulfonamides is 1. The number of halogens is 2. The molecule has 3 aromatic rings. The molecule has 0 fully saturated rings. The number of nitrogens with one attached hydrogen (secondary N) is 1. The third kappa shape index (κ3) is 6.10. The van der Waals surface area contributed by atoms with Crippen LogP contribution >= 0.6 is 23.2 Å². The van der Waals surface area contributed by atoms with Crippen LogP contribution in [0.3, 0.4) is 0 Å². The Morgan fingerprint density at radius 2 is 1.84 bits per heavy atom. The average molecular weight is 480 g/mol. The lowest BCUT2D eigenvalue weighted by atomic mass is 10.2. The number of hydrogen-bond acceptors (Lipinski definition) is 5. The monoisotopic (exact) mass is 479 g/mol. The number of anilines is 1. The van der Waals surface area contributed by atoms with Crippen molar-refractivity contribution in [3.8, 4) is 11.3 Å². The Hall–Kier alpha value is -2.81. The van der Waals surface area contributed by atoms with Crippen molar-refractivity contribution in [1.82, 2.24) is 5.43 Å². The Morgan fingerprint density at radius 3 is 2.48 bits per heavy atom. The zero-order valence-electron chi connectivity index (χ0n) is 16.7. The molecule has 31 heavy (non-hydrogen) atoms. The van der Waals surface area contributed by atoms with Gasteiger partial charge in [-0.2, -0.15) is 5.10 Å². The molecule has 1 aromatic heterocycles. The van der Waals surface area contributed by atoms with E-state index in [1.807, 2.05) is 6.92 Å². The number of amides is 1. The maximum atomic E-state index is 12.2. The quantitative estimate of drug-likeness (QED) is 0.399. The van der Waals surface area contributed by atoms with E-state index in [4.69, 9.17) is 27.6 Å². The van der Waals surface area contributed by atoms with Gasteiger partial charge in [0.25, 0.3) is 5.91 Å². The topological polar surface area (TPSA) is 92.0 Å². The zero-order chi connectivity index (χ0) is 22.6. The van der Waals surface area contributed by atoms with E-state index in [2.05, 4.69) is 10.5 Å². The lowest BCUT2D eigenvalue weighted by Gasteiger charge is -2.21. The van der Waals surface area contributed by atoms with Gasteiger partial charge in [0.15, 0.2) is 0 Å². The van der Waals surface area contributed by atoms with Crippen molar-refractivity contribution in [2.75, 3.05) is 17.1 Å². The molecular weight excluding hydrogens is 461 g/mol. The SMILES string of the molecule is Cc1ccc(N(CC(=O)N/N=C\c2ccc(-c3ccc(Cl)cc3Cl)o2)S(C)(=O)=O)cc1. The van der Waals surface area contributed by atoms with E-state index in [0.29, 0.717) is 32.8 Å². The summed E-state index contributed by atoms with van der Waals surface area (Å²) in [5.74, 6) is 0.284. The number of nitrogens with zero attached hydrogens (tertiary/aromatic N) is 2. The minimum absolute atomic E-state index is 0.375. The summed E-state index contributed by atoms with van der Waals surface area (Å²) >= 11 is 12.1. The standard InChI is InChI=1S/C21H19Cl2N3O4S/c1-14-3-6-16(7-4-14)26(31(2,28)29)13-21(27)25-24-12-17-8-10-20(30-17)18-9-5-15(22)11-19(18)23/h3-12H,13H2,1-2H3,(H,25,27)/b24-12-. The van der Waals surface area contributed by atoms with E-state index < -0.39 is 22.5 Å². The number of hydrogen-bond donors (Lipinski definition) is 1. The zero-order valence-corrected chi connectivity index (χ0v) is 19.0. The van der Waals surface area contributed by atoms with Gasteiger partial charge in [-0.25, -0.2) is 13.8 Å². The maximum Gasteiger partial charge on any atom is 0.260 e. The molecule has 0 aliphatic rings. The van der Waals surface area contributed by atoms with Crippen molar-refractivity contribution in [2.45, 2.75) is 6.92 Å². The molecule has 162 valence electrons. The Morgan fingerprint density at radius 1 is 1.13 bits per heavy atom. The molecule has 1 N–H and O–H groups in total. The van der Waals surface area contributed by atoms with E-state index in [1.54, 1.807) is 54.6 Å². The van der Waals surface area contributed by atoms with Gasteiger partial charge in [-0.15, -0.1) is 0 Å². The molecule has 0 spiro atoms. The highest BCUT2D eigenvalue weighted by Crippen LogP contribution is 2.31. The molecule has 0 atom stereocenters. The van der Waals surface area contributed by atoms with Gasteiger partial charge in [-0.3, -0.25) is 9.10 Å². The third-order valence-corrected chi connectivity index (χ3v) is 5.90. The Bertz CT molecular complexity index is 1220. The molecule has 0 aliphatic heterocycles. The van der Waals surface area contributed by atoms with Crippen LogP contribution in [0.4, 0.5) is 5.69 Å². The van der Waals surface area contributed by atoms with Crippen molar-refractivity contribution in [3.05, 3.63) is 76.0 Å². The highest BCUT2D eigenvalue weighted by molar-refractivity contribution is 7.92. The van der Waals surface area contributed by atoms with Crippen LogP contribution in [0.1, 0.15) is 11.3 Å². The van der Waals surface area contributed by atoms with Crippen LogP contribution in [0.5, 0.6) is 0 Å². The number of carbonyl (C=O) groups is 1.